The van der Waals surface area contributed by atoms with Gasteiger partial charge in [0.2, 0.25) is 0 Å². The van der Waals surface area contributed by atoms with E-state index < -0.39 is 0 Å². The van der Waals surface area contributed by atoms with Gasteiger partial charge in [-0.25, -0.2) is 0 Å². The number of nitriles is 1. The fraction of sp³-hybridized carbons (Fsp3) is 0.821. The summed E-state index contributed by atoms with van der Waals surface area (Å²) in [5.41, 5.74) is 1.80. The summed E-state index contributed by atoms with van der Waals surface area (Å²) in [4.78, 5) is 0. The van der Waals surface area contributed by atoms with Gasteiger partial charge in [-0.1, -0.05) is 52.2 Å². The fourth-order valence-electron chi connectivity index (χ4n) is 9.39. The molecule has 4 heteroatoms. The molecule has 3 fully saturated rings. The average Bonchev–Trinajstić information content (AvgIpc) is 3.37. The molecule has 2 saturated carbocycles. The van der Waals surface area contributed by atoms with Crippen LogP contribution in [0.3, 0.4) is 0 Å². The molecule has 1 heterocycles. The van der Waals surface area contributed by atoms with Crippen molar-refractivity contribution in [2.24, 2.45) is 34.0 Å². The van der Waals surface area contributed by atoms with Crippen molar-refractivity contribution in [2.75, 3.05) is 13.2 Å². The summed E-state index contributed by atoms with van der Waals surface area (Å²) in [6.45, 7) is 10.7. The largest absolute Gasteiger partial charge is 0.510 e. The molecule has 0 aromatic carbocycles. The third-order valence-electron chi connectivity index (χ3n) is 10.6. The Morgan fingerprint density at radius 2 is 1.72 bits per heavy atom. The maximum atomic E-state index is 11.4. The van der Waals surface area contributed by atoms with Crippen LogP contribution in [0.2, 0.25) is 0 Å². The van der Waals surface area contributed by atoms with Crippen LogP contribution in [0.25, 0.3) is 0 Å². The summed E-state index contributed by atoms with van der Waals surface area (Å²) in [5, 5.41) is 21.4. The van der Waals surface area contributed by atoms with Gasteiger partial charge in [-0.05, 0) is 68.1 Å². The monoisotopic (exact) mass is 439 g/mol. The minimum absolute atomic E-state index is 0.0426. The van der Waals surface area contributed by atoms with Gasteiger partial charge in [-0.15, -0.1) is 0 Å². The molecule has 1 spiro atoms. The SMILES string of the molecule is CCCC1(CCC)C2=CCC3[C@H](CCC4(C)[C@H]3CCC43OCCO3)C2(C)CC(C#N)=C1O. The Hall–Kier alpha value is -1.31. The number of aliphatic hydroxyl groups excluding tert-OH is 1. The predicted octanol–water partition coefficient (Wildman–Crippen LogP) is 6.83. The molecular weight excluding hydrogens is 398 g/mol. The predicted molar refractivity (Wildman–Crippen MR) is 125 cm³/mol. The van der Waals surface area contributed by atoms with Crippen molar-refractivity contribution in [1.82, 2.24) is 0 Å². The second kappa shape index (κ2) is 7.60. The van der Waals surface area contributed by atoms with Crippen LogP contribution < -0.4 is 0 Å². The second-order valence-electron chi connectivity index (χ2n) is 11.8. The zero-order valence-electron chi connectivity index (χ0n) is 20.5. The second-order valence-corrected chi connectivity index (χ2v) is 11.8. The first kappa shape index (κ1) is 22.5. The molecule has 5 aliphatic rings. The maximum Gasteiger partial charge on any atom is 0.174 e. The molecule has 176 valence electrons. The lowest BCUT2D eigenvalue weighted by Gasteiger charge is -2.61. The summed E-state index contributed by atoms with van der Waals surface area (Å²) in [7, 11) is 0. The molecule has 4 aliphatic carbocycles. The minimum Gasteiger partial charge on any atom is -0.510 e. The van der Waals surface area contributed by atoms with E-state index in [1.165, 1.54) is 12.0 Å². The van der Waals surface area contributed by atoms with E-state index in [0.29, 0.717) is 35.5 Å². The number of allylic oxidation sites excluding steroid dienone is 3. The zero-order chi connectivity index (χ0) is 22.8. The quantitative estimate of drug-likeness (QED) is 0.487. The van der Waals surface area contributed by atoms with E-state index in [2.05, 4.69) is 39.8 Å². The molecule has 1 saturated heterocycles. The standard InChI is InChI=1S/C28H41NO3/c1-5-11-27(12-6-2)23-8-7-20-21(25(23,3)17-19(18-29)24(27)30)9-13-26(4)22(20)10-14-28(26)31-15-16-32-28/h8,20-22,30H,5-7,9-17H2,1-4H3/t20?,21-,22-,25?,26?/m0/s1. The molecule has 1 N–H and O–H groups in total. The van der Waals surface area contributed by atoms with Crippen molar-refractivity contribution in [3.8, 4) is 6.07 Å². The van der Waals surface area contributed by atoms with Gasteiger partial charge in [0.05, 0.1) is 24.9 Å². The summed E-state index contributed by atoms with van der Waals surface area (Å²) >= 11 is 0. The molecule has 3 unspecified atom stereocenters. The van der Waals surface area contributed by atoms with E-state index in [4.69, 9.17) is 9.47 Å². The molecule has 4 nitrogen and oxygen atoms in total. The molecular formula is C28H41NO3. The summed E-state index contributed by atoms with van der Waals surface area (Å²) < 4.78 is 12.6. The number of rotatable bonds is 4. The van der Waals surface area contributed by atoms with Crippen LogP contribution in [0, 0.1) is 45.3 Å². The van der Waals surface area contributed by atoms with Gasteiger partial charge in [-0.2, -0.15) is 5.26 Å². The van der Waals surface area contributed by atoms with Gasteiger partial charge in [0, 0.05) is 17.3 Å². The van der Waals surface area contributed by atoms with Gasteiger partial charge in [0.15, 0.2) is 5.79 Å². The molecule has 0 bridgehead atoms. The van der Waals surface area contributed by atoms with E-state index in [0.717, 1.165) is 64.6 Å². The van der Waals surface area contributed by atoms with E-state index >= 15 is 0 Å². The maximum absolute atomic E-state index is 11.4. The summed E-state index contributed by atoms with van der Waals surface area (Å²) in [6, 6.07) is 2.43. The first-order valence-corrected chi connectivity index (χ1v) is 13.1. The Bertz CT molecular complexity index is 870. The minimum atomic E-state index is -0.371. The number of aliphatic hydroxyl groups is 1. The zero-order valence-corrected chi connectivity index (χ0v) is 20.5. The Balaban J connectivity index is 1.58. The molecule has 0 amide bonds. The third-order valence-corrected chi connectivity index (χ3v) is 10.6. The van der Waals surface area contributed by atoms with Gasteiger partial charge in [-0.3, -0.25) is 0 Å². The number of hydrogen-bond donors (Lipinski definition) is 1. The normalized spacial score (nSPS) is 41.6. The van der Waals surface area contributed by atoms with Crippen LogP contribution in [0.15, 0.2) is 23.0 Å². The Morgan fingerprint density at radius 3 is 2.34 bits per heavy atom. The van der Waals surface area contributed by atoms with Crippen LogP contribution >= 0.6 is 0 Å². The van der Waals surface area contributed by atoms with Crippen LogP contribution in [0.4, 0.5) is 0 Å². The molecule has 0 aromatic heterocycles. The number of fused-ring (bicyclic) bond motifs is 6. The Morgan fingerprint density at radius 1 is 1.06 bits per heavy atom. The average molecular weight is 440 g/mol. The van der Waals surface area contributed by atoms with Crippen molar-refractivity contribution in [1.29, 1.82) is 5.26 Å². The van der Waals surface area contributed by atoms with Gasteiger partial charge >= 0.3 is 0 Å². The fourth-order valence-corrected chi connectivity index (χ4v) is 9.39. The molecule has 5 atom stereocenters. The highest BCUT2D eigenvalue weighted by Gasteiger charge is 2.67. The van der Waals surface area contributed by atoms with Crippen molar-refractivity contribution in [2.45, 2.75) is 97.7 Å². The number of nitrogens with zero attached hydrogens (tertiary/aromatic N) is 1. The summed E-state index contributed by atoms with van der Waals surface area (Å²) in [6.07, 6.45) is 12.7. The highest BCUT2D eigenvalue weighted by atomic mass is 16.7. The Kier molecular flexibility index (Phi) is 5.34. The highest BCUT2D eigenvalue weighted by molar-refractivity contribution is 5.46. The van der Waals surface area contributed by atoms with Gasteiger partial charge in [0.25, 0.3) is 0 Å². The Labute approximate surface area is 194 Å². The molecule has 1 aliphatic heterocycles. The van der Waals surface area contributed by atoms with Crippen LogP contribution in [0.1, 0.15) is 91.9 Å². The van der Waals surface area contributed by atoms with Crippen LogP contribution in [-0.2, 0) is 9.47 Å². The van der Waals surface area contributed by atoms with E-state index in [9.17, 15) is 10.4 Å². The molecule has 5 rings (SSSR count). The van der Waals surface area contributed by atoms with Gasteiger partial charge in [0.1, 0.15) is 5.76 Å². The van der Waals surface area contributed by atoms with Crippen LogP contribution in [0.5, 0.6) is 0 Å². The van der Waals surface area contributed by atoms with Crippen LogP contribution in [-0.4, -0.2) is 24.1 Å². The molecule has 0 radical (unpaired) electrons. The lowest BCUT2D eigenvalue weighted by molar-refractivity contribution is -0.242. The van der Waals surface area contributed by atoms with E-state index in [1.807, 2.05) is 0 Å². The lowest BCUT2D eigenvalue weighted by atomic mass is 9.44. The number of hydrogen-bond acceptors (Lipinski definition) is 4. The smallest absolute Gasteiger partial charge is 0.174 e. The highest BCUT2D eigenvalue weighted by Crippen LogP contribution is 2.71. The van der Waals surface area contributed by atoms with E-state index in [1.54, 1.807) is 0 Å². The third kappa shape index (κ3) is 2.67. The van der Waals surface area contributed by atoms with Crippen molar-refractivity contribution in [3.05, 3.63) is 23.0 Å². The first-order chi connectivity index (χ1) is 15.3. The lowest BCUT2D eigenvalue weighted by Crippen LogP contribution is -2.56. The molecule has 32 heavy (non-hydrogen) atoms. The van der Waals surface area contributed by atoms with Crippen molar-refractivity contribution >= 4 is 0 Å². The van der Waals surface area contributed by atoms with Crippen molar-refractivity contribution < 1.29 is 14.6 Å². The van der Waals surface area contributed by atoms with Crippen molar-refractivity contribution in [3.63, 3.8) is 0 Å². The van der Waals surface area contributed by atoms with Gasteiger partial charge < -0.3 is 14.6 Å². The molecule has 0 aromatic rings. The summed E-state index contributed by atoms with van der Waals surface area (Å²) in [5.74, 6) is 1.78. The first-order valence-electron chi connectivity index (χ1n) is 13.1. The topological polar surface area (TPSA) is 62.5 Å². The number of ether oxygens (including phenoxy) is 2. The van der Waals surface area contributed by atoms with E-state index in [-0.39, 0.29) is 22.0 Å².